The van der Waals surface area contributed by atoms with Gasteiger partial charge in [0.1, 0.15) is 0 Å². The Morgan fingerprint density at radius 2 is 1.67 bits per heavy atom. The molecule has 0 aromatic heterocycles. The minimum absolute atomic E-state index is 0.302. The summed E-state index contributed by atoms with van der Waals surface area (Å²) in [7, 11) is 0. The van der Waals surface area contributed by atoms with Crippen LogP contribution in [0.15, 0.2) is 24.3 Å². The van der Waals surface area contributed by atoms with Gasteiger partial charge >= 0.3 is 0 Å². The first kappa shape index (κ1) is 13.6. The van der Waals surface area contributed by atoms with Crippen molar-refractivity contribution in [1.29, 1.82) is 0 Å². The lowest BCUT2D eigenvalue weighted by atomic mass is 9.80. The zero-order valence-corrected chi connectivity index (χ0v) is 11.7. The van der Waals surface area contributed by atoms with E-state index in [1.54, 1.807) is 0 Å². The Labute approximate surface area is 110 Å². The molecular weight excluding hydrogens is 222 g/mol. The molecular formula is C16H25NO. The van der Waals surface area contributed by atoms with Crippen LogP contribution >= 0.6 is 0 Å². The van der Waals surface area contributed by atoms with E-state index in [1.165, 1.54) is 11.1 Å². The lowest BCUT2D eigenvalue weighted by molar-refractivity contribution is -0.0329. The monoisotopic (exact) mass is 247 g/mol. The van der Waals surface area contributed by atoms with Crippen molar-refractivity contribution in [2.24, 2.45) is 0 Å². The molecule has 2 N–H and O–H groups in total. The zero-order valence-electron chi connectivity index (χ0n) is 11.7. The van der Waals surface area contributed by atoms with Gasteiger partial charge in [0, 0.05) is 12.6 Å². The molecule has 100 valence electrons. The van der Waals surface area contributed by atoms with E-state index in [9.17, 15) is 5.11 Å². The van der Waals surface area contributed by atoms with Crippen molar-refractivity contribution >= 4 is 0 Å². The van der Waals surface area contributed by atoms with E-state index >= 15 is 0 Å². The molecule has 0 radical (unpaired) electrons. The van der Waals surface area contributed by atoms with Gasteiger partial charge in [-0.1, -0.05) is 38.1 Å². The molecule has 1 atom stereocenters. The molecule has 1 unspecified atom stereocenters. The largest absolute Gasteiger partial charge is 0.389 e. The second kappa shape index (κ2) is 5.41. The zero-order chi connectivity index (χ0) is 13.2. The van der Waals surface area contributed by atoms with Crippen LogP contribution in [0.2, 0.25) is 0 Å². The predicted octanol–water partition coefficient (Wildman–Crippen LogP) is 3.38. The summed E-state index contributed by atoms with van der Waals surface area (Å²) in [6, 6.07) is 9.10. The molecule has 0 aliphatic heterocycles. The van der Waals surface area contributed by atoms with E-state index < -0.39 is 5.60 Å². The van der Waals surface area contributed by atoms with Crippen LogP contribution in [0.4, 0.5) is 0 Å². The van der Waals surface area contributed by atoms with Gasteiger partial charge in [-0.3, -0.25) is 0 Å². The van der Waals surface area contributed by atoms with Gasteiger partial charge in [0.15, 0.2) is 0 Å². The number of rotatable bonds is 5. The predicted molar refractivity (Wildman–Crippen MR) is 75.7 cm³/mol. The van der Waals surface area contributed by atoms with Crippen LogP contribution < -0.4 is 5.32 Å². The normalized spacial score (nSPS) is 19.6. The van der Waals surface area contributed by atoms with E-state index in [2.05, 4.69) is 50.4 Å². The van der Waals surface area contributed by atoms with Crippen molar-refractivity contribution in [1.82, 2.24) is 5.32 Å². The first-order chi connectivity index (χ1) is 8.50. The van der Waals surface area contributed by atoms with Gasteiger partial charge in [-0.25, -0.2) is 0 Å². The van der Waals surface area contributed by atoms with Crippen molar-refractivity contribution in [2.45, 2.75) is 57.6 Å². The minimum atomic E-state index is -0.438. The van der Waals surface area contributed by atoms with Crippen molar-refractivity contribution in [2.75, 3.05) is 6.54 Å². The number of benzene rings is 1. The Kier molecular flexibility index (Phi) is 4.08. The Hall–Kier alpha value is -0.860. The Bertz CT molecular complexity index is 379. The highest BCUT2D eigenvalue weighted by Gasteiger charge is 2.34. The van der Waals surface area contributed by atoms with Crippen molar-refractivity contribution in [3.8, 4) is 0 Å². The quantitative estimate of drug-likeness (QED) is 0.836. The highest BCUT2D eigenvalue weighted by Crippen LogP contribution is 2.31. The third-order valence-electron chi connectivity index (χ3n) is 4.12. The molecule has 1 aliphatic rings. The fraction of sp³-hybridized carbons (Fsp3) is 0.625. The van der Waals surface area contributed by atoms with Gasteiger partial charge in [-0.15, -0.1) is 0 Å². The number of aliphatic hydroxyl groups is 1. The molecule has 0 bridgehead atoms. The molecule has 18 heavy (non-hydrogen) atoms. The molecule has 0 heterocycles. The average molecular weight is 247 g/mol. The molecule has 0 saturated heterocycles. The molecule has 2 nitrogen and oxygen atoms in total. The summed E-state index contributed by atoms with van der Waals surface area (Å²) >= 11 is 0. The lowest BCUT2D eigenvalue weighted by Gasteiger charge is -2.37. The maximum Gasteiger partial charge on any atom is 0.0771 e. The van der Waals surface area contributed by atoms with Gasteiger partial charge in [-0.2, -0.15) is 0 Å². The van der Waals surface area contributed by atoms with Crippen molar-refractivity contribution < 1.29 is 5.11 Å². The summed E-state index contributed by atoms with van der Waals surface area (Å²) in [6.07, 6.45) is 3.05. The average Bonchev–Trinajstić information content (AvgIpc) is 2.33. The van der Waals surface area contributed by atoms with Crippen LogP contribution in [-0.4, -0.2) is 17.3 Å². The van der Waals surface area contributed by atoms with E-state index in [0.717, 1.165) is 19.3 Å². The summed E-state index contributed by atoms with van der Waals surface area (Å²) < 4.78 is 0. The number of hydrogen-bond acceptors (Lipinski definition) is 2. The standard InChI is InChI=1S/C16H25NO/c1-12(2)14-5-7-15(8-6-14)13(3)17-11-16(18)9-4-10-16/h5-8,12-13,17-18H,4,9-11H2,1-3H3. The Morgan fingerprint density at radius 1 is 1.11 bits per heavy atom. The Morgan fingerprint density at radius 3 is 2.11 bits per heavy atom. The SMILES string of the molecule is CC(C)c1ccc(C(C)NCC2(O)CCC2)cc1. The lowest BCUT2D eigenvalue weighted by Crippen LogP contribution is -2.46. The summed E-state index contributed by atoms with van der Waals surface area (Å²) in [4.78, 5) is 0. The topological polar surface area (TPSA) is 32.3 Å². The molecule has 1 saturated carbocycles. The van der Waals surface area contributed by atoms with E-state index in [0.29, 0.717) is 18.5 Å². The van der Waals surface area contributed by atoms with Crippen molar-refractivity contribution in [3.05, 3.63) is 35.4 Å². The molecule has 0 amide bonds. The molecule has 1 aromatic rings. The summed E-state index contributed by atoms with van der Waals surface area (Å²) in [5.41, 5.74) is 2.23. The molecule has 0 spiro atoms. The first-order valence-corrected chi connectivity index (χ1v) is 7.06. The van der Waals surface area contributed by atoms with Crippen molar-refractivity contribution in [3.63, 3.8) is 0 Å². The van der Waals surface area contributed by atoms with Gasteiger partial charge in [-0.05, 0) is 43.2 Å². The maximum atomic E-state index is 10.1. The fourth-order valence-corrected chi connectivity index (χ4v) is 2.39. The highest BCUT2D eigenvalue weighted by molar-refractivity contribution is 5.26. The van der Waals surface area contributed by atoms with Gasteiger partial charge in [0.05, 0.1) is 5.60 Å². The third kappa shape index (κ3) is 3.12. The number of hydrogen-bond donors (Lipinski definition) is 2. The smallest absolute Gasteiger partial charge is 0.0771 e. The first-order valence-electron chi connectivity index (χ1n) is 7.06. The van der Waals surface area contributed by atoms with E-state index in [-0.39, 0.29) is 0 Å². The van der Waals surface area contributed by atoms with Crippen LogP contribution in [0.3, 0.4) is 0 Å². The fourth-order valence-electron chi connectivity index (χ4n) is 2.39. The molecule has 1 aromatic carbocycles. The van der Waals surface area contributed by atoms with Gasteiger partial charge in [0.25, 0.3) is 0 Å². The van der Waals surface area contributed by atoms with Crippen LogP contribution in [0.1, 0.15) is 63.1 Å². The van der Waals surface area contributed by atoms with Crippen LogP contribution in [-0.2, 0) is 0 Å². The van der Waals surface area contributed by atoms with Crippen LogP contribution in [0.5, 0.6) is 0 Å². The van der Waals surface area contributed by atoms with E-state index in [1.807, 2.05) is 0 Å². The molecule has 1 aliphatic carbocycles. The second-order valence-electron chi connectivity index (χ2n) is 6.00. The van der Waals surface area contributed by atoms with Gasteiger partial charge in [0.2, 0.25) is 0 Å². The van der Waals surface area contributed by atoms with Gasteiger partial charge < -0.3 is 10.4 Å². The molecule has 1 fully saturated rings. The maximum absolute atomic E-state index is 10.1. The van der Waals surface area contributed by atoms with Crippen LogP contribution in [0, 0.1) is 0 Å². The number of nitrogens with one attached hydrogen (secondary N) is 1. The summed E-state index contributed by atoms with van der Waals surface area (Å²) in [6.45, 7) is 7.29. The Balaban J connectivity index is 1.90. The molecule has 2 rings (SSSR count). The van der Waals surface area contributed by atoms with E-state index in [4.69, 9.17) is 0 Å². The highest BCUT2D eigenvalue weighted by atomic mass is 16.3. The summed E-state index contributed by atoms with van der Waals surface area (Å²) in [5.74, 6) is 0.581. The third-order valence-corrected chi connectivity index (χ3v) is 4.12. The second-order valence-corrected chi connectivity index (χ2v) is 6.00. The minimum Gasteiger partial charge on any atom is -0.389 e. The van der Waals surface area contributed by atoms with Crippen LogP contribution in [0.25, 0.3) is 0 Å². The summed E-state index contributed by atoms with van der Waals surface area (Å²) in [5, 5.41) is 13.5. The molecule has 2 heteroatoms.